The molecule has 4 nitrogen and oxygen atoms in total. The molecular formula is C16H18N2O2. The van der Waals surface area contributed by atoms with Crippen molar-refractivity contribution in [2.45, 2.75) is 12.3 Å². The number of carbonyl (C=O) groups is 1. The molecule has 1 heterocycles. The van der Waals surface area contributed by atoms with Crippen molar-refractivity contribution in [2.24, 2.45) is 0 Å². The maximum absolute atomic E-state index is 11.4. The van der Waals surface area contributed by atoms with Crippen LogP contribution in [0.25, 0.3) is 0 Å². The molecular weight excluding hydrogens is 252 g/mol. The van der Waals surface area contributed by atoms with E-state index in [4.69, 9.17) is 0 Å². The molecule has 1 atom stereocenters. The summed E-state index contributed by atoms with van der Waals surface area (Å²) in [6.45, 7) is 0. The zero-order chi connectivity index (χ0) is 14.5. The van der Waals surface area contributed by atoms with Crippen molar-refractivity contribution in [3.63, 3.8) is 0 Å². The standard InChI is InChI=1S/C16H18N2O2/c1-18(2)13-8-6-12(7-9-13)11-14(16(19)20)15-5-3-4-10-17-15/h3-10,14H,11H2,1-2H3,(H,19,20). The van der Waals surface area contributed by atoms with Gasteiger partial charge in [0, 0.05) is 26.0 Å². The van der Waals surface area contributed by atoms with Crippen LogP contribution in [0.5, 0.6) is 0 Å². The Balaban J connectivity index is 2.19. The molecule has 4 heteroatoms. The molecule has 1 unspecified atom stereocenters. The summed E-state index contributed by atoms with van der Waals surface area (Å²) in [6.07, 6.45) is 2.07. The predicted octanol–water partition coefficient (Wildman–Crippen LogP) is 2.56. The van der Waals surface area contributed by atoms with Gasteiger partial charge in [0.25, 0.3) is 0 Å². The summed E-state index contributed by atoms with van der Waals surface area (Å²) in [6, 6.07) is 13.3. The topological polar surface area (TPSA) is 53.4 Å². The van der Waals surface area contributed by atoms with Crippen LogP contribution in [-0.4, -0.2) is 30.2 Å². The number of anilines is 1. The summed E-state index contributed by atoms with van der Waals surface area (Å²) in [5, 5.41) is 9.38. The molecule has 0 saturated heterocycles. The lowest BCUT2D eigenvalue weighted by Gasteiger charge is -2.15. The molecule has 104 valence electrons. The van der Waals surface area contributed by atoms with Crippen molar-refractivity contribution in [3.8, 4) is 0 Å². The van der Waals surface area contributed by atoms with E-state index in [0.29, 0.717) is 12.1 Å². The maximum Gasteiger partial charge on any atom is 0.312 e. The van der Waals surface area contributed by atoms with E-state index in [-0.39, 0.29) is 0 Å². The third-order valence-corrected chi connectivity index (χ3v) is 3.24. The second-order valence-corrected chi connectivity index (χ2v) is 4.91. The molecule has 1 N–H and O–H groups in total. The highest BCUT2D eigenvalue weighted by molar-refractivity contribution is 5.75. The van der Waals surface area contributed by atoms with Crippen LogP contribution in [0.1, 0.15) is 17.2 Å². The molecule has 1 aromatic heterocycles. The largest absolute Gasteiger partial charge is 0.481 e. The van der Waals surface area contributed by atoms with Gasteiger partial charge in [-0.05, 0) is 36.2 Å². The molecule has 0 saturated carbocycles. The molecule has 1 aromatic carbocycles. The van der Waals surface area contributed by atoms with Crippen molar-refractivity contribution in [2.75, 3.05) is 19.0 Å². The summed E-state index contributed by atoms with van der Waals surface area (Å²) in [7, 11) is 3.95. The smallest absolute Gasteiger partial charge is 0.312 e. The van der Waals surface area contributed by atoms with E-state index >= 15 is 0 Å². The van der Waals surface area contributed by atoms with Crippen molar-refractivity contribution < 1.29 is 9.90 Å². The highest BCUT2D eigenvalue weighted by Crippen LogP contribution is 2.21. The molecule has 0 fully saturated rings. The van der Waals surface area contributed by atoms with Crippen LogP contribution in [0.2, 0.25) is 0 Å². The summed E-state index contributed by atoms with van der Waals surface area (Å²) in [5.41, 5.74) is 2.68. The van der Waals surface area contributed by atoms with Gasteiger partial charge in [0.15, 0.2) is 0 Å². The van der Waals surface area contributed by atoms with Crippen LogP contribution in [0, 0.1) is 0 Å². The van der Waals surface area contributed by atoms with Gasteiger partial charge in [-0.2, -0.15) is 0 Å². The van der Waals surface area contributed by atoms with E-state index in [1.165, 1.54) is 0 Å². The van der Waals surface area contributed by atoms with Crippen LogP contribution in [-0.2, 0) is 11.2 Å². The second-order valence-electron chi connectivity index (χ2n) is 4.91. The van der Waals surface area contributed by atoms with Gasteiger partial charge in [-0.15, -0.1) is 0 Å². The number of rotatable bonds is 5. The summed E-state index contributed by atoms with van der Waals surface area (Å²) < 4.78 is 0. The monoisotopic (exact) mass is 270 g/mol. The molecule has 0 amide bonds. The fourth-order valence-corrected chi connectivity index (χ4v) is 2.07. The number of nitrogens with zero attached hydrogens (tertiary/aromatic N) is 2. The van der Waals surface area contributed by atoms with E-state index in [9.17, 15) is 9.90 Å². The van der Waals surface area contributed by atoms with Gasteiger partial charge in [0.2, 0.25) is 0 Å². The number of pyridine rings is 1. The normalized spacial score (nSPS) is 11.9. The van der Waals surface area contributed by atoms with Crippen molar-refractivity contribution >= 4 is 11.7 Å². The number of carboxylic acids is 1. The molecule has 2 aromatic rings. The fraction of sp³-hybridized carbons (Fsp3) is 0.250. The number of aliphatic carboxylic acids is 1. The lowest BCUT2D eigenvalue weighted by Crippen LogP contribution is -2.16. The van der Waals surface area contributed by atoms with Crippen LogP contribution >= 0.6 is 0 Å². The second kappa shape index (κ2) is 6.19. The number of carboxylic acid groups (broad SMARTS) is 1. The Morgan fingerprint density at radius 2 is 1.90 bits per heavy atom. The molecule has 0 aliphatic heterocycles. The Hall–Kier alpha value is -2.36. The Labute approximate surface area is 118 Å². The number of benzene rings is 1. The van der Waals surface area contributed by atoms with Gasteiger partial charge in [-0.25, -0.2) is 0 Å². The molecule has 2 rings (SSSR count). The number of aromatic nitrogens is 1. The lowest BCUT2D eigenvalue weighted by atomic mass is 9.95. The minimum Gasteiger partial charge on any atom is -0.481 e. The Kier molecular flexibility index (Phi) is 4.35. The van der Waals surface area contributed by atoms with Gasteiger partial charge in [0.05, 0.1) is 5.69 Å². The van der Waals surface area contributed by atoms with E-state index in [0.717, 1.165) is 11.3 Å². The molecule has 0 aliphatic carbocycles. The molecule has 0 radical (unpaired) electrons. The van der Waals surface area contributed by atoms with Gasteiger partial charge < -0.3 is 10.0 Å². The van der Waals surface area contributed by atoms with Crippen LogP contribution in [0.4, 0.5) is 5.69 Å². The van der Waals surface area contributed by atoms with Crippen LogP contribution in [0.15, 0.2) is 48.7 Å². The van der Waals surface area contributed by atoms with Crippen LogP contribution in [0.3, 0.4) is 0 Å². The highest BCUT2D eigenvalue weighted by atomic mass is 16.4. The summed E-state index contributed by atoms with van der Waals surface area (Å²) >= 11 is 0. The van der Waals surface area contributed by atoms with Gasteiger partial charge in [-0.3, -0.25) is 9.78 Å². The quantitative estimate of drug-likeness (QED) is 0.907. The average molecular weight is 270 g/mol. The van der Waals surface area contributed by atoms with E-state index < -0.39 is 11.9 Å². The van der Waals surface area contributed by atoms with Gasteiger partial charge in [0.1, 0.15) is 5.92 Å². The zero-order valence-electron chi connectivity index (χ0n) is 11.7. The van der Waals surface area contributed by atoms with E-state index in [1.54, 1.807) is 18.3 Å². The number of hydrogen-bond acceptors (Lipinski definition) is 3. The van der Waals surface area contributed by atoms with Crippen molar-refractivity contribution in [1.29, 1.82) is 0 Å². The predicted molar refractivity (Wildman–Crippen MR) is 79.1 cm³/mol. The molecule has 0 bridgehead atoms. The first kappa shape index (κ1) is 14.1. The molecule has 20 heavy (non-hydrogen) atoms. The first-order chi connectivity index (χ1) is 9.58. The molecule has 0 aliphatic rings. The van der Waals surface area contributed by atoms with Crippen molar-refractivity contribution in [3.05, 3.63) is 59.9 Å². The highest BCUT2D eigenvalue weighted by Gasteiger charge is 2.21. The number of hydrogen-bond donors (Lipinski definition) is 1. The zero-order valence-corrected chi connectivity index (χ0v) is 11.7. The van der Waals surface area contributed by atoms with Crippen LogP contribution < -0.4 is 4.90 Å². The third kappa shape index (κ3) is 3.35. The molecule has 0 spiro atoms. The maximum atomic E-state index is 11.4. The van der Waals surface area contributed by atoms with Gasteiger partial charge >= 0.3 is 5.97 Å². The Morgan fingerprint density at radius 1 is 1.20 bits per heavy atom. The first-order valence-corrected chi connectivity index (χ1v) is 6.48. The summed E-state index contributed by atoms with van der Waals surface area (Å²) in [4.78, 5) is 17.6. The summed E-state index contributed by atoms with van der Waals surface area (Å²) in [5.74, 6) is -1.46. The minimum atomic E-state index is -0.847. The minimum absolute atomic E-state index is 0.444. The van der Waals surface area contributed by atoms with Gasteiger partial charge in [-0.1, -0.05) is 18.2 Å². The fourth-order valence-electron chi connectivity index (χ4n) is 2.07. The SMILES string of the molecule is CN(C)c1ccc(CC(C(=O)O)c2ccccn2)cc1. The Morgan fingerprint density at radius 3 is 2.40 bits per heavy atom. The van der Waals surface area contributed by atoms with E-state index in [1.807, 2.05) is 49.3 Å². The average Bonchev–Trinajstić information content (AvgIpc) is 2.46. The first-order valence-electron chi connectivity index (χ1n) is 6.48. The van der Waals surface area contributed by atoms with Crippen molar-refractivity contribution in [1.82, 2.24) is 4.98 Å². The lowest BCUT2D eigenvalue weighted by molar-refractivity contribution is -0.138. The third-order valence-electron chi connectivity index (χ3n) is 3.24. The van der Waals surface area contributed by atoms with E-state index in [2.05, 4.69) is 4.98 Å². The Bertz CT molecular complexity index is 565.